The molecule has 3 heteroatoms. The van der Waals surface area contributed by atoms with Crippen LogP contribution in [0.15, 0.2) is 24.3 Å². The third-order valence-corrected chi connectivity index (χ3v) is 3.67. The van der Waals surface area contributed by atoms with Crippen molar-refractivity contribution < 1.29 is 4.39 Å². The van der Waals surface area contributed by atoms with Gasteiger partial charge in [-0.25, -0.2) is 4.39 Å². The summed E-state index contributed by atoms with van der Waals surface area (Å²) >= 11 is 1.89. The molecule has 1 unspecified atom stereocenters. The molecule has 0 spiro atoms. The molecule has 1 N–H and O–H groups in total. The predicted octanol–water partition coefficient (Wildman–Crippen LogP) is 3.74. The van der Waals surface area contributed by atoms with Gasteiger partial charge < -0.3 is 5.32 Å². The summed E-state index contributed by atoms with van der Waals surface area (Å²) < 4.78 is 12.9. The van der Waals surface area contributed by atoms with Crippen LogP contribution in [0.2, 0.25) is 0 Å². The van der Waals surface area contributed by atoms with Crippen LogP contribution in [0.1, 0.15) is 25.3 Å². The average Bonchev–Trinajstić information content (AvgIpc) is 2.38. The topological polar surface area (TPSA) is 12.0 Å². The number of rotatable bonds is 9. The average molecular weight is 269 g/mol. The molecule has 0 aliphatic carbocycles. The van der Waals surface area contributed by atoms with Crippen molar-refractivity contribution >= 4 is 11.8 Å². The third kappa shape index (κ3) is 6.41. The summed E-state index contributed by atoms with van der Waals surface area (Å²) in [5, 5.41) is 3.49. The molecule has 0 aliphatic heterocycles. The Hall–Kier alpha value is -0.540. The first kappa shape index (κ1) is 15.5. The SMILES string of the molecule is CCCNCC(CCSC)Cc1ccc(F)cc1. The summed E-state index contributed by atoms with van der Waals surface area (Å²) in [7, 11) is 0. The van der Waals surface area contributed by atoms with E-state index in [2.05, 4.69) is 18.5 Å². The molecule has 0 bridgehead atoms. The molecule has 0 heterocycles. The number of benzene rings is 1. The molecule has 1 nitrogen and oxygen atoms in total. The van der Waals surface area contributed by atoms with Crippen LogP contribution in [0, 0.1) is 11.7 Å². The minimum absolute atomic E-state index is 0.150. The monoisotopic (exact) mass is 269 g/mol. The quantitative estimate of drug-likeness (QED) is 0.685. The van der Waals surface area contributed by atoms with Crippen LogP contribution in [-0.4, -0.2) is 25.1 Å². The molecule has 1 rings (SSSR count). The van der Waals surface area contributed by atoms with Gasteiger partial charge in [-0.1, -0.05) is 19.1 Å². The molecule has 0 aromatic heterocycles. The number of nitrogens with one attached hydrogen (secondary N) is 1. The zero-order valence-corrected chi connectivity index (χ0v) is 12.2. The van der Waals surface area contributed by atoms with Gasteiger partial charge in [-0.15, -0.1) is 0 Å². The van der Waals surface area contributed by atoms with Gasteiger partial charge in [0.05, 0.1) is 0 Å². The lowest BCUT2D eigenvalue weighted by molar-refractivity contribution is 0.463. The highest BCUT2D eigenvalue weighted by Crippen LogP contribution is 2.14. The number of halogens is 1. The second-order valence-corrected chi connectivity index (χ2v) is 5.67. The largest absolute Gasteiger partial charge is 0.316 e. The van der Waals surface area contributed by atoms with Crippen molar-refractivity contribution in [3.8, 4) is 0 Å². The molecule has 0 fully saturated rings. The van der Waals surface area contributed by atoms with Crippen LogP contribution >= 0.6 is 11.8 Å². The zero-order chi connectivity index (χ0) is 13.2. The van der Waals surface area contributed by atoms with Crippen molar-refractivity contribution in [1.82, 2.24) is 5.32 Å². The molecule has 0 saturated carbocycles. The van der Waals surface area contributed by atoms with Crippen LogP contribution < -0.4 is 5.32 Å². The lowest BCUT2D eigenvalue weighted by Crippen LogP contribution is -2.25. The lowest BCUT2D eigenvalue weighted by Gasteiger charge is -2.17. The zero-order valence-electron chi connectivity index (χ0n) is 11.4. The van der Waals surface area contributed by atoms with E-state index in [1.54, 1.807) is 12.1 Å². The van der Waals surface area contributed by atoms with Gasteiger partial charge in [0.1, 0.15) is 5.82 Å². The number of thioether (sulfide) groups is 1. The first-order chi connectivity index (χ1) is 8.76. The highest BCUT2D eigenvalue weighted by Gasteiger charge is 2.09. The smallest absolute Gasteiger partial charge is 0.123 e. The van der Waals surface area contributed by atoms with E-state index in [1.807, 2.05) is 23.9 Å². The summed E-state index contributed by atoms with van der Waals surface area (Å²) in [5.41, 5.74) is 1.24. The fraction of sp³-hybridized carbons (Fsp3) is 0.600. The Balaban J connectivity index is 2.45. The van der Waals surface area contributed by atoms with Crippen LogP contribution in [0.3, 0.4) is 0 Å². The van der Waals surface area contributed by atoms with Gasteiger partial charge in [0, 0.05) is 0 Å². The van der Waals surface area contributed by atoms with Crippen LogP contribution in [0.4, 0.5) is 4.39 Å². The summed E-state index contributed by atoms with van der Waals surface area (Å²) in [5.74, 6) is 1.69. The summed E-state index contributed by atoms with van der Waals surface area (Å²) in [4.78, 5) is 0. The van der Waals surface area contributed by atoms with E-state index in [-0.39, 0.29) is 5.82 Å². The standard InChI is InChI=1S/C15H24FNS/c1-3-9-17-12-14(8-10-18-2)11-13-4-6-15(16)7-5-13/h4-7,14,17H,3,8-12H2,1-2H3. The Morgan fingerprint density at radius 3 is 2.61 bits per heavy atom. The maximum atomic E-state index is 12.9. The van der Waals surface area contributed by atoms with Gasteiger partial charge in [-0.05, 0) is 68.0 Å². The Morgan fingerprint density at radius 2 is 2.00 bits per heavy atom. The number of hydrogen-bond acceptors (Lipinski definition) is 2. The van der Waals surface area contributed by atoms with Crippen molar-refractivity contribution in [3.05, 3.63) is 35.6 Å². The van der Waals surface area contributed by atoms with Crippen LogP contribution in [-0.2, 0) is 6.42 Å². The molecule has 102 valence electrons. The van der Waals surface area contributed by atoms with Crippen LogP contribution in [0.25, 0.3) is 0 Å². The Morgan fingerprint density at radius 1 is 1.28 bits per heavy atom. The summed E-state index contributed by atoms with van der Waals surface area (Å²) in [6.07, 6.45) is 5.58. The van der Waals surface area contributed by atoms with Gasteiger partial charge in [0.15, 0.2) is 0 Å². The van der Waals surface area contributed by atoms with Crippen molar-refractivity contribution in [1.29, 1.82) is 0 Å². The van der Waals surface area contributed by atoms with Crippen molar-refractivity contribution in [2.24, 2.45) is 5.92 Å². The fourth-order valence-corrected chi connectivity index (χ4v) is 2.57. The molecule has 1 atom stereocenters. The van der Waals surface area contributed by atoms with E-state index in [0.29, 0.717) is 5.92 Å². The molecule has 0 amide bonds. The molecule has 1 aromatic carbocycles. The Bertz CT molecular complexity index is 313. The minimum atomic E-state index is -0.150. The van der Waals surface area contributed by atoms with Crippen molar-refractivity contribution in [2.45, 2.75) is 26.2 Å². The lowest BCUT2D eigenvalue weighted by atomic mass is 9.97. The molecule has 1 aromatic rings. The fourth-order valence-electron chi connectivity index (χ4n) is 2.00. The first-order valence-corrected chi connectivity index (χ1v) is 8.09. The molecular weight excluding hydrogens is 245 g/mol. The van der Waals surface area contributed by atoms with Gasteiger partial charge in [0.2, 0.25) is 0 Å². The van der Waals surface area contributed by atoms with E-state index in [0.717, 1.165) is 19.5 Å². The maximum absolute atomic E-state index is 12.9. The van der Waals surface area contributed by atoms with Crippen molar-refractivity contribution in [2.75, 3.05) is 25.1 Å². The second-order valence-electron chi connectivity index (χ2n) is 4.68. The first-order valence-electron chi connectivity index (χ1n) is 6.70. The molecular formula is C15H24FNS. The van der Waals surface area contributed by atoms with E-state index in [1.165, 1.54) is 24.2 Å². The molecule has 0 saturated heterocycles. The van der Waals surface area contributed by atoms with E-state index in [9.17, 15) is 4.39 Å². The maximum Gasteiger partial charge on any atom is 0.123 e. The summed E-state index contributed by atoms with van der Waals surface area (Å²) in [6, 6.07) is 6.92. The van der Waals surface area contributed by atoms with Crippen LogP contribution in [0.5, 0.6) is 0 Å². The molecule has 0 radical (unpaired) electrons. The van der Waals surface area contributed by atoms with Gasteiger partial charge in [-0.2, -0.15) is 11.8 Å². The minimum Gasteiger partial charge on any atom is -0.316 e. The second kappa shape index (κ2) is 9.40. The third-order valence-electron chi connectivity index (χ3n) is 3.03. The van der Waals surface area contributed by atoms with Gasteiger partial charge in [-0.3, -0.25) is 0 Å². The van der Waals surface area contributed by atoms with Gasteiger partial charge in [0.25, 0.3) is 0 Å². The predicted molar refractivity (Wildman–Crippen MR) is 79.8 cm³/mol. The van der Waals surface area contributed by atoms with Crippen molar-refractivity contribution in [3.63, 3.8) is 0 Å². The van der Waals surface area contributed by atoms with Gasteiger partial charge >= 0.3 is 0 Å². The highest BCUT2D eigenvalue weighted by atomic mass is 32.2. The Labute approximate surface area is 115 Å². The van der Waals surface area contributed by atoms with E-state index >= 15 is 0 Å². The molecule has 18 heavy (non-hydrogen) atoms. The summed E-state index contributed by atoms with van der Waals surface area (Å²) in [6.45, 7) is 4.33. The highest BCUT2D eigenvalue weighted by molar-refractivity contribution is 7.98. The van der Waals surface area contributed by atoms with E-state index in [4.69, 9.17) is 0 Å². The number of hydrogen-bond donors (Lipinski definition) is 1. The molecule has 0 aliphatic rings. The van der Waals surface area contributed by atoms with E-state index < -0.39 is 0 Å². The normalized spacial score (nSPS) is 12.6. The Kier molecular flexibility index (Phi) is 8.10.